The van der Waals surface area contributed by atoms with Gasteiger partial charge < -0.3 is 0 Å². The van der Waals surface area contributed by atoms with Crippen LogP contribution >= 0.6 is 0 Å². The highest BCUT2D eigenvalue weighted by Gasteiger charge is 2.86. The molecule has 0 saturated heterocycles. The highest BCUT2D eigenvalue weighted by molar-refractivity contribution is 5.48. The fraction of sp³-hybridized carbons (Fsp3) is 0.455. The van der Waals surface area contributed by atoms with Gasteiger partial charge in [0.1, 0.15) is 5.82 Å². The van der Waals surface area contributed by atoms with E-state index in [1.54, 1.807) is 0 Å². The van der Waals surface area contributed by atoms with Gasteiger partial charge in [-0.15, -0.1) is 0 Å². The molecule has 0 saturated carbocycles. The first-order chi connectivity index (χ1) is 10.5. The van der Waals surface area contributed by atoms with Crippen LogP contribution in [0.5, 0.6) is 0 Å². The summed E-state index contributed by atoms with van der Waals surface area (Å²) in [5.74, 6) is -36.9. The van der Waals surface area contributed by atoms with E-state index in [2.05, 4.69) is 0 Å². The lowest BCUT2D eigenvalue weighted by molar-refractivity contribution is -0.388. The van der Waals surface area contributed by atoms with E-state index in [-0.39, 0.29) is 0 Å². The number of fused-ring (bicyclic) bond motifs is 1. The van der Waals surface area contributed by atoms with Crippen molar-refractivity contribution in [1.82, 2.24) is 0 Å². The summed E-state index contributed by atoms with van der Waals surface area (Å²) in [5, 5.41) is 0. The summed E-state index contributed by atoms with van der Waals surface area (Å²) in [7, 11) is 0. The molecule has 0 N–H and O–H groups in total. The zero-order valence-electron chi connectivity index (χ0n) is 10.5. The van der Waals surface area contributed by atoms with Crippen molar-refractivity contribution in [2.75, 3.05) is 0 Å². The largest absolute Gasteiger partial charge is 0.383 e. The van der Waals surface area contributed by atoms with Crippen LogP contribution in [0.15, 0.2) is 0 Å². The Morgan fingerprint density at radius 1 is 0.542 bits per heavy atom. The Morgan fingerprint density at radius 3 is 1.21 bits per heavy atom. The Labute approximate surface area is 122 Å². The molecule has 0 radical (unpaired) electrons. The Morgan fingerprint density at radius 2 is 0.875 bits per heavy atom. The van der Waals surface area contributed by atoms with Gasteiger partial charge >= 0.3 is 23.7 Å². The van der Waals surface area contributed by atoms with E-state index in [1.807, 2.05) is 0 Å². The summed E-state index contributed by atoms with van der Waals surface area (Å²) in [6.45, 7) is 0. The zero-order chi connectivity index (χ0) is 19.0. The van der Waals surface area contributed by atoms with Gasteiger partial charge in [0.25, 0.3) is 6.43 Å². The van der Waals surface area contributed by atoms with Crippen molar-refractivity contribution < 1.29 is 57.1 Å². The maximum atomic E-state index is 13.6. The maximum absolute atomic E-state index is 13.6. The van der Waals surface area contributed by atoms with Gasteiger partial charge in [0.15, 0.2) is 11.6 Å². The topological polar surface area (TPSA) is 0 Å². The molecule has 1 aliphatic carbocycles. The third kappa shape index (κ3) is 1.78. The summed E-state index contributed by atoms with van der Waals surface area (Å²) in [6.07, 6.45) is -4.43. The monoisotopic (exact) mass is 380 g/mol. The van der Waals surface area contributed by atoms with Gasteiger partial charge in [-0.1, -0.05) is 0 Å². The van der Waals surface area contributed by atoms with Crippen LogP contribution in [0.1, 0.15) is 23.1 Å². The van der Waals surface area contributed by atoms with Gasteiger partial charge in [0.2, 0.25) is 0 Å². The molecule has 0 atom stereocenters. The molecule has 0 bridgehead atoms. The molecule has 0 nitrogen and oxygen atoms in total. The second kappa shape index (κ2) is 4.69. The van der Waals surface area contributed by atoms with Gasteiger partial charge in [-0.2, -0.15) is 35.1 Å². The van der Waals surface area contributed by atoms with Gasteiger partial charge in [-0.05, 0) is 0 Å². The highest BCUT2D eigenvalue weighted by atomic mass is 19.4. The van der Waals surface area contributed by atoms with Gasteiger partial charge in [0, 0.05) is 0 Å². The first kappa shape index (κ1) is 18.6. The van der Waals surface area contributed by atoms with Crippen LogP contribution in [-0.2, 0) is 11.8 Å². The number of benzene rings is 1. The normalized spacial score (nSPS) is 23.2. The first-order valence-electron chi connectivity index (χ1n) is 5.55. The fourth-order valence-corrected chi connectivity index (χ4v) is 2.17. The van der Waals surface area contributed by atoms with Crippen LogP contribution in [0.3, 0.4) is 0 Å². The molecule has 1 aromatic rings. The maximum Gasteiger partial charge on any atom is 0.383 e. The molecule has 1 aromatic carbocycles. The summed E-state index contributed by atoms with van der Waals surface area (Å²) < 4.78 is 171. The highest BCUT2D eigenvalue weighted by Crippen LogP contribution is 2.65. The lowest BCUT2D eigenvalue weighted by Gasteiger charge is -2.43. The van der Waals surface area contributed by atoms with E-state index in [9.17, 15) is 57.1 Å². The molecule has 0 aromatic heterocycles. The first-order valence-corrected chi connectivity index (χ1v) is 5.55. The predicted octanol–water partition coefficient (Wildman–Crippen LogP) is 5.51. The molecule has 0 aliphatic heterocycles. The van der Waals surface area contributed by atoms with Crippen molar-refractivity contribution >= 4 is 0 Å². The quantitative estimate of drug-likeness (QED) is 0.445. The SMILES string of the molecule is Fc1c(F)c2c(c(F)c1C(F)F)C(F)(F)C(F)(F)C(F)(F)C2(F)F. The molecule has 0 unspecified atom stereocenters. The van der Waals surface area contributed by atoms with E-state index in [1.165, 1.54) is 0 Å². The number of hydrogen-bond acceptors (Lipinski definition) is 0. The summed E-state index contributed by atoms with van der Waals surface area (Å²) in [4.78, 5) is 0. The lowest BCUT2D eigenvalue weighted by atomic mass is 9.78. The fourth-order valence-electron chi connectivity index (χ4n) is 2.17. The van der Waals surface area contributed by atoms with Crippen LogP contribution in [0.25, 0.3) is 0 Å². The molecule has 2 rings (SSSR count). The van der Waals surface area contributed by atoms with Crippen LogP contribution in [0, 0.1) is 17.5 Å². The standard InChI is InChI=1S/C11HF13/c12-4-1(7(15)16)5(13)6(14)3-2(4)8(17,18)10(21,22)11(23,24)9(3,19)20/h7H. The Kier molecular flexibility index (Phi) is 3.64. The molecule has 24 heavy (non-hydrogen) atoms. The Bertz CT molecular complexity index is 703. The zero-order valence-corrected chi connectivity index (χ0v) is 10.5. The Balaban J connectivity index is 3.12. The van der Waals surface area contributed by atoms with E-state index in [4.69, 9.17) is 0 Å². The third-order valence-corrected chi connectivity index (χ3v) is 3.38. The third-order valence-electron chi connectivity index (χ3n) is 3.38. The van der Waals surface area contributed by atoms with Crippen LogP contribution in [0.2, 0.25) is 0 Å². The van der Waals surface area contributed by atoms with E-state index in [0.717, 1.165) is 0 Å². The molecule has 0 amide bonds. The molecule has 0 heterocycles. The molecule has 0 fully saturated rings. The van der Waals surface area contributed by atoms with Crippen molar-refractivity contribution in [3.05, 3.63) is 34.1 Å². The number of rotatable bonds is 1. The number of halogens is 13. The molecule has 0 spiro atoms. The summed E-state index contributed by atoms with van der Waals surface area (Å²) >= 11 is 0. The average molecular weight is 380 g/mol. The molecular weight excluding hydrogens is 379 g/mol. The van der Waals surface area contributed by atoms with Gasteiger partial charge in [0.05, 0.1) is 16.7 Å². The second-order valence-electron chi connectivity index (χ2n) is 4.70. The predicted molar refractivity (Wildman–Crippen MR) is 49.0 cm³/mol. The van der Waals surface area contributed by atoms with Crippen molar-refractivity contribution in [3.8, 4) is 0 Å². The van der Waals surface area contributed by atoms with Crippen molar-refractivity contribution in [1.29, 1.82) is 0 Å². The van der Waals surface area contributed by atoms with Crippen molar-refractivity contribution in [2.45, 2.75) is 30.1 Å². The van der Waals surface area contributed by atoms with Crippen molar-refractivity contribution in [3.63, 3.8) is 0 Å². The number of hydrogen-bond donors (Lipinski definition) is 0. The van der Waals surface area contributed by atoms with Crippen LogP contribution in [0.4, 0.5) is 57.1 Å². The molecule has 136 valence electrons. The minimum absolute atomic E-state index is 2.86. The second-order valence-corrected chi connectivity index (χ2v) is 4.70. The van der Waals surface area contributed by atoms with Crippen LogP contribution < -0.4 is 0 Å². The average Bonchev–Trinajstić information content (AvgIpc) is 2.39. The summed E-state index contributed by atoms with van der Waals surface area (Å²) in [5.41, 5.74) is -9.75. The van der Waals surface area contributed by atoms with Crippen LogP contribution in [-0.4, -0.2) is 11.8 Å². The Hall–Kier alpha value is -1.69. The van der Waals surface area contributed by atoms with E-state index < -0.39 is 64.3 Å². The van der Waals surface area contributed by atoms with E-state index in [0.29, 0.717) is 0 Å². The van der Waals surface area contributed by atoms with Crippen molar-refractivity contribution in [2.24, 2.45) is 0 Å². The minimum atomic E-state index is -6.99. The van der Waals surface area contributed by atoms with Gasteiger partial charge in [-0.25, -0.2) is 22.0 Å². The molecular formula is C11HF13. The summed E-state index contributed by atoms with van der Waals surface area (Å²) in [6, 6.07) is 0. The number of alkyl halides is 10. The smallest absolute Gasteiger partial charge is 0.206 e. The minimum Gasteiger partial charge on any atom is -0.206 e. The molecule has 1 aliphatic rings. The lowest BCUT2D eigenvalue weighted by Crippen LogP contribution is -2.64. The van der Waals surface area contributed by atoms with E-state index >= 15 is 0 Å². The van der Waals surface area contributed by atoms with Gasteiger partial charge in [-0.3, -0.25) is 0 Å². The molecule has 13 heteroatoms.